The molecule has 7 heteroatoms. The van der Waals surface area contributed by atoms with Gasteiger partial charge >= 0.3 is 6.16 Å². The number of hydrogen-bond acceptors (Lipinski definition) is 6. The Hall–Kier alpha value is -0.633. The average Bonchev–Trinajstić information content (AvgIpc) is 2.78. The van der Waals surface area contributed by atoms with Crippen molar-refractivity contribution in [3.8, 4) is 0 Å². The minimum atomic E-state index is -2.10. The molecule has 0 unspecified atom stereocenters. The van der Waals surface area contributed by atoms with E-state index in [-0.39, 0.29) is 29.3 Å². The molecule has 0 aromatic rings. The third-order valence-corrected chi connectivity index (χ3v) is 9.88. The molecule has 0 radical (unpaired) electrons. The van der Waals surface area contributed by atoms with E-state index in [1.807, 2.05) is 27.7 Å². The maximum atomic E-state index is 12.0. The Labute approximate surface area is 152 Å². The van der Waals surface area contributed by atoms with E-state index in [1.54, 1.807) is 0 Å². The molecule has 2 aliphatic rings. The van der Waals surface area contributed by atoms with Gasteiger partial charge in [0.2, 0.25) is 0 Å². The molecule has 146 valence electrons. The van der Waals surface area contributed by atoms with E-state index < -0.39 is 26.4 Å². The Morgan fingerprint density at radius 2 is 1.80 bits per heavy atom. The number of carbonyl (C=O) groups excluding carboxylic acids is 1. The van der Waals surface area contributed by atoms with Crippen molar-refractivity contribution in [1.82, 2.24) is 0 Å². The molecule has 0 bridgehead atoms. The van der Waals surface area contributed by atoms with Crippen LogP contribution in [0.5, 0.6) is 0 Å². The summed E-state index contributed by atoms with van der Waals surface area (Å²) in [6, 6.07) is 0. The van der Waals surface area contributed by atoms with Gasteiger partial charge in [-0.1, -0.05) is 34.6 Å². The topological polar surface area (TPSA) is 63.2 Å². The van der Waals surface area contributed by atoms with Crippen LogP contribution in [0.4, 0.5) is 4.79 Å². The van der Waals surface area contributed by atoms with Crippen LogP contribution in [-0.2, 0) is 23.4 Å². The Bertz CT molecular complexity index is 496. The quantitative estimate of drug-likeness (QED) is 0.545. The van der Waals surface area contributed by atoms with Crippen molar-refractivity contribution in [2.45, 2.75) is 96.8 Å². The average molecular weight is 375 g/mol. The third-order valence-electron chi connectivity index (χ3n) is 5.40. The number of ether oxygens (including phenoxy) is 4. The van der Waals surface area contributed by atoms with Crippen molar-refractivity contribution in [1.29, 1.82) is 0 Å². The van der Waals surface area contributed by atoms with Crippen LogP contribution in [0.3, 0.4) is 0 Å². The molecule has 2 aliphatic heterocycles. The lowest BCUT2D eigenvalue weighted by molar-refractivity contribution is -0.196. The molecular weight excluding hydrogens is 340 g/mol. The lowest BCUT2D eigenvalue weighted by Crippen LogP contribution is -2.60. The number of rotatable bonds is 4. The lowest BCUT2D eigenvalue weighted by atomic mass is 9.94. The van der Waals surface area contributed by atoms with Gasteiger partial charge in [0, 0.05) is 0 Å². The molecule has 0 N–H and O–H groups in total. The van der Waals surface area contributed by atoms with E-state index in [1.165, 1.54) is 0 Å². The zero-order chi connectivity index (χ0) is 19.2. The van der Waals surface area contributed by atoms with E-state index >= 15 is 0 Å². The van der Waals surface area contributed by atoms with Crippen molar-refractivity contribution < 1.29 is 28.2 Å². The Morgan fingerprint density at radius 3 is 2.24 bits per heavy atom. The number of hydrogen-bond donors (Lipinski definition) is 0. The fourth-order valence-electron chi connectivity index (χ4n) is 2.90. The first-order valence-corrected chi connectivity index (χ1v) is 12.0. The summed E-state index contributed by atoms with van der Waals surface area (Å²) in [5.41, 5.74) is 0. The van der Waals surface area contributed by atoms with Gasteiger partial charge in [-0.05, 0) is 37.9 Å². The molecular formula is C18H34O6Si. The molecule has 0 aromatic carbocycles. The van der Waals surface area contributed by atoms with Gasteiger partial charge in [0.05, 0.1) is 6.61 Å². The number of cyclic esters (lactones) is 2. The highest BCUT2D eigenvalue weighted by atomic mass is 28.4. The van der Waals surface area contributed by atoms with E-state index in [0.717, 1.165) is 0 Å². The van der Waals surface area contributed by atoms with Gasteiger partial charge in [0.15, 0.2) is 20.2 Å². The second kappa shape index (κ2) is 6.83. The van der Waals surface area contributed by atoms with Crippen molar-refractivity contribution in [2.24, 2.45) is 5.92 Å². The Balaban J connectivity index is 2.31. The summed E-state index contributed by atoms with van der Waals surface area (Å²) in [4.78, 5) is 12.0. The Kier molecular flexibility index (Phi) is 5.65. The van der Waals surface area contributed by atoms with Crippen molar-refractivity contribution in [3.05, 3.63) is 0 Å². The van der Waals surface area contributed by atoms with Gasteiger partial charge in [-0.2, -0.15) is 0 Å². The maximum absolute atomic E-state index is 12.0. The Morgan fingerprint density at radius 1 is 1.20 bits per heavy atom. The van der Waals surface area contributed by atoms with Crippen LogP contribution in [0.1, 0.15) is 48.5 Å². The van der Waals surface area contributed by atoms with Crippen LogP contribution in [-0.4, -0.2) is 51.3 Å². The van der Waals surface area contributed by atoms with Crippen LogP contribution in [0, 0.1) is 5.92 Å². The summed E-state index contributed by atoms with van der Waals surface area (Å²) in [5, 5.41) is 0.0346. The fraction of sp³-hybridized carbons (Fsp3) is 0.944. The van der Waals surface area contributed by atoms with E-state index in [2.05, 4.69) is 33.9 Å². The molecule has 2 rings (SSSR count). The molecule has 4 atom stereocenters. The molecule has 0 spiro atoms. The van der Waals surface area contributed by atoms with Gasteiger partial charge in [-0.3, -0.25) is 0 Å². The first kappa shape index (κ1) is 20.7. The smallest absolute Gasteiger partial charge is 0.428 e. The van der Waals surface area contributed by atoms with Crippen LogP contribution < -0.4 is 0 Å². The van der Waals surface area contributed by atoms with Crippen LogP contribution in [0.2, 0.25) is 18.1 Å². The molecule has 0 amide bonds. The maximum Gasteiger partial charge on any atom is 0.509 e. The van der Waals surface area contributed by atoms with Gasteiger partial charge in [0.1, 0.15) is 18.3 Å². The second-order valence-corrected chi connectivity index (χ2v) is 14.1. The third kappa shape index (κ3) is 4.56. The van der Waals surface area contributed by atoms with Crippen LogP contribution in [0.15, 0.2) is 0 Å². The highest BCUT2D eigenvalue weighted by Gasteiger charge is 2.53. The van der Waals surface area contributed by atoms with E-state index in [9.17, 15) is 4.79 Å². The molecule has 25 heavy (non-hydrogen) atoms. The standard InChI is InChI=1S/C18H34O6Si/c1-11(2)13-15(24-25(8,9)17(3,4)5)14(22-16(19)21-13)12-10-20-18(6,7)23-12/h11-15H,10H2,1-9H3/t12-,13-,14+,15+/m0/s1. The van der Waals surface area contributed by atoms with E-state index in [0.29, 0.717) is 6.61 Å². The van der Waals surface area contributed by atoms with Crippen LogP contribution in [0.25, 0.3) is 0 Å². The first-order valence-electron chi connectivity index (χ1n) is 9.10. The van der Waals surface area contributed by atoms with Gasteiger partial charge in [-0.15, -0.1) is 0 Å². The monoisotopic (exact) mass is 374 g/mol. The van der Waals surface area contributed by atoms with Gasteiger partial charge in [-0.25, -0.2) is 4.79 Å². The molecule has 0 aromatic heterocycles. The normalized spacial score (nSPS) is 33.3. The van der Waals surface area contributed by atoms with Gasteiger partial charge in [0.25, 0.3) is 0 Å². The predicted octanol–water partition coefficient (Wildman–Crippen LogP) is 4.09. The molecule has 6 nitrogen and oxygen atoms in total. The number of carbonyl (C=O) groups is 1. The highest BCUT2D eigenvalue weighted by molar-refractivity contribution is 6.74. The first-order chi connectivity index (χ1) is 11.2. The van der Waals surface area contributed by atoms with Crippen molar-refractivity contribution in [2.75, 3.05) is 6.61 Å². The summed E-state index contributed by atoms with van der Waals surface area (Å²) in [5.74, 6) is -0.579. The lowest BCUT2D eigenvalue weighted by Gasteiger charge is -2.46. The molecule has 0 aliphatic carbocycles. The second-order valence-electron chi connectivity index (χ2n) is 9.37. The molecule has 2 saturated heterocycles. The van der Waals surface area contributed by atoms with Gasteiger partial charge < -0.3 is 23.4 Å². The summed E-state index contributed by atoms with van der Waals surface area (Å²) >= 11 is 0. The fourth-order valence-corrected chi connectivity index (χ4v) is 4.20. The summed E-state index contributed by atoms with van der Waals surface area (Å²) in [6.07, 6.45) is -2.30. The molecule has 0 saturated carbocycles. The van der Waals surface area contributed by atoms with E-state index in [4.69, 9.17) is 23.4 Å². The largest absolute Gasteiger partial charge is 0.509 e. The van der Waals surface area contributed by atoms with Crippen molar-refractivity contribution in [3.63, 3.8) is 0 Å². The predicted molar refractivity (Wildman–Crippen MR) is 97.0 cm³/mol. The molecule has 2 heterocycles. The minimum absolute atomic E-state index is 0.0346. The summed E-state index contributed by atoms with van der Waals surface area (Å²) in [6.45, 7) is 19.1. The zero-order valence-electron chi connectivity index (χ0n) is 17.0. The molecule has 2 fully saturated rings. The zero-order valence-corrected chi connectivity index (χ0v) is 18.0. The summed E-state index contributed by atoms with van der Waals surface area (Å²) < 4.78 is 29.4. The minimum Gasteiger partial charge on any atom is -0.428 e. The highest BCUT2D eigenvalue weighted by Crippen LogP contribution is 2.41. The van der Waals surface area contributed by atoms with Crippen LogP contribution >= 0.6 is 0 Å². The van der Waals surface area contributed by atoms with Crippen molar-refractivity contribution >= 4 is 14.5 Å². The SMILES string of the molecule is CC(C)[C@@H]1OC(=O)O[C@H]([C@@H]2COC(C)(C)O2)[C@@H]1O[Si](C)(C)C(C)(C)C. The summed E-state index contributed by atoms with van der Waals surface area (Å²) in [7, 11) is -2.10.